The van der Waals surface area contributed by atoms with E-state index in [4.69, 9.17) is 4.74 Å². The molecule has 2 aromatic carbocycles. The lowest BCUT2D eigenvalue weighted by Crippen LogP contribution is -2.47. The molecule has 0 aliphatic carbocycles. The smallest absolute Gasteiger partial charge is 0.258 e. The van der Waals surface area contributed by atoms with Gasteiger partial charge in [0, 0.05) is 37.9 Å². The highest BCUT2D eigenvalue weighted by Crippen LogP contribution is 2.25. The quantitative estimate of drug-likeness (QED) is 0.771. The Kier molecular flexibility index (Phi) is 4.81. The predicted octanol–water partition coefficient (Wildman–Crippen LogP) is 2.81. The number of piperazine rings is 1. The van der Waals surface area contributed by atoms with E-state index in [2.05, 4.69) is 38.8 Å². The van der Waals surface area contributed by atoms with E-state index in [1.54, 1.807) is 7.11 Å². The lowest BCUT2D eigenvalue weighted by molar-refractivity contribution is 0.191. The monoisotopic (exact) mass is 364 g/mol. The van der Waals surface area contributed by atoms with Gasteiger partial charge < -0.3 is 14.6 Å². The van der Waals surface area contributed by atoms with Crippen LogP contribution in [0.25, 0.3) is 10.9 Å². The van der Waals surface area contributed by atoms with Crippen molar-refractivity contribution >= 4 is 16.6 Å². The molecule has 2 heterocycles. The van der Waals surface area contributed by atoms with Gasteiger partial charge in [-0.1, -0.05) is 18.2 Å². The van der Waals surface area contributed by atoms with Crippen LogP contribution in [-0.4, -0.2) is 48.2 Å². The average Bonchev–Trinajstić information content (AvgIpc) is 2.73. The molecule has 27 heavy (non-hydrogen) atoms. The van der Waals surface area contributed by atoms with Crippen molar-refractivity contribution in [1.29, 1.82) is 0 Å². The van der Waals surface area contributed by atoms with Crippen LogP contribution in [0.1, 0.15) is 18.8 Å². The molecule has 1 N–H and O–H groups in total. The molecule has 1 fully saturated rings. The number of aromatic nitrogens is 2. The van der Waals surface area contributed by atoms with Crippen molar-refractivity contribution in [2.24, 2.45) is 0 Å². The van der Waals surface area contributed by atoms with Gasteiger partial charge >= 0.3 is 0 Å². The summed E-state index contributed by atoms with van der Waals surface area (Å²) >= 11 is 0. The zero-order chi connectivity index (χ0) is 18.8. The fourth-order valence-electron chi connectivity index (χ4n) is 3.65. The Balaban J connectivity index is 1.48. The summed E-state index contributed by atoms with van der Waals surface area (Å²) in [5, 5.41) is 0.635. The summed E-state index contributed by atoms with van der Waals surface area (Å²) in [6, 6.07) is 15.7. The molecule has 140 valence electrons. The number of anilines is 1. The van der Waals surface area contributed by atoms with Crippen LogP contribution in [0.5, 0.6) is 5.75 Å². The summed E-state index contributed by atoms with van der Waals surface area (Å²) in [6.07, 6.45) is 0. The van der Waals surface area contributed by atoms with E-state index in [1.807, 2.05) is 36.4 Å². The van der Waals surface area contributed by atoms with E-state index in [0.29, 0.717) is 5.39 Å². The number of benzene rings is 2. The van der Waals surface area contributed by atoms with E-state index in [1.165, 1.54) is 5.69 Å². The minimum absolute atomic E-state index is 0.0646. The van der Waals surface area contributed by atoms with Crippen molar-refractivity contribution in [3.63, 3.8) is 0 Å². The molecular formula is C21H24N4O2. The molecule has 0 radical (unpaired) electrons. The second-order valence-electron chi connectivity index (χ2n) is 6.87. The van der Waals surface area contributed by atoms with Crippen LogP contribution in [0.3, 0.4) is 0 Å². The molecule has 1 aliphatic rings. The molecule has 0 spiro atoms. The first-order chi connectivity index (χ1) is 13.2. The van der Waals surface area contributed by atoms with Gasteiger partial charge in [-0.05, 0) is 31.2 Å². The number of fused-ring (bicyclic) bond motifs is 1. The number of aromatic amines is 1. The van der Waals surface area contributed by atoms with E-state index in [-0.39, 0.29) is 11.6 Å². The molecule has 6 heteroatoms. The normalized spacial score (nSPS) is 16.4. The summed E-state index contributed by atoms with van der Waals surface area (Å²) in [4.78, 5) is 24.7. The first-order valence-corrected chi connectivity index (χ1v) is 9.28. The lowest BCUT2D eigenvalue weighted by Gasteiger charge is -2.38. The van der Waals surface area contributed by atoms with Gasteiger partial charge in [-0.25, -0.2) is 4.98 Å². The third-order valence-corrected chi connectivity index (χ3v) is 5.31. The zero-order valence-electron chi connectivity index (χ0n) is 15.7. The zero-order valence-corrected chi connectivity index (χ0v) is 15.7. The van der Waals surface area contributed by atoms with Crippen LogP contribution < -0.4 is 15.2 Å². The molecular weight excluding hydrogens is 340 g/mol. The van der Waals surface area contributed by atoms with Gasteiger partial charge in [0.2, 0.25) is 0 Å². The Labute approximate surface area is 158 Å². The molecule has 0 bridgehead atoms. The Morgan fingerprint density at radius 2 is 1.85 bits per heavy atom. The largest absolute Gasteiger partial charge is 0.497 e. The Morgan fingerprint density at radius 1 is 1.07 bits per heavy atom. The topological polar surface area (TPSA) is 61.5 Å². The van der Waals surface area contributed by atoms with Gasteiger partial charge in [0.1, 0.15) is 11.6 Å². The van der Waals surface area contributed by atoms with Crippen molar-refractivity contribution < 1.29 is 4.74 Å². The number of nitrogens with zero attached hydrogens (tertiary/aromatic N) is 3. The second-order valence-corrected chi connectivity index (χ2v) is 6.87. The van der Waals surface area contributed by atoms with E-state index in [0.717, 1.165) is 43.3 Å². The molecule has 1 aromatic heterocycles. The molecule has 6 nitrogen and oxygen atoms in total. The summed E-state index contributed by atoms with van der Waals surface area (Å²) in [6.45, 7) is 5.78. The summed E-state index contributed by atoms with van der Waals surface area (Å²) in [7, 11) is 1.69. The third kappa shape index (κ3) is 3.53. The molecule has 1 saturated heterocycles. The highest BCUT2D eigenvalue weighted by Gasteiger charge is 2.24. The number of nitrogens with one attached hydrogen (secondary N) is 1. The number of hydrogen-bond acceptors (Lipinski definition) is 5. The fourth-order valence-corrected chi connectivity index (χ4v) is 3.65. The Bertz CT molecular complexity index is 993. The van der Waals surface area contributed by atoms with Crippen LogP contribution in [0, 0.1) is 0 Å². The lowest BCUT2D eigenvalue weighted by atomic mass is 10.1. The molecule has 4 rings (SSSR count). The molecule has 1 unspecified atom stereocenters. The predicted molar refractivity (Wildman–Crippen MR) is 108 cm³/mol. The number of methoxy groups -OCH3 is 1. The van der Waals surface area contributed by atoms with Crippen molar-refractivity contribution in [3.8, 4) is 5.75 Å². The highest BCUT2D eigenvalue weighted by molar-refractivity contribution is 5.77. The fraction of sp³-hybridized carbons (Fsp3) is 0.333. The summed E-state index contributed by atoms with van der Waals surface area (Å²) in [5.41, 5.74) is 1.86. The van der Waals surface area contributed by atoms with Gasteiger partial charge in [-0.3, -0.25) is 9.69 Å². The van der Waals surface area contributed by atoms with Gasteiger partial charge in [-0.2, -0.15) is 0 Å². The van der Waals surface area contributed by atoms with Crippen LogP contribution in [0.15, 0.2) is 53.3 Å². The maximum Gasteiger partial charge on any atom is 0.258 e. The number of hydrogen-bond donors (Lipinski definition) is 1. The highest BCUT2D eigenvalue weighted by atomic mass is 16.5. The standard InChI is InChI=1S/C21H24N4O2/c1-15(20-22-19-9-4-3-8-18(19)21(26)23-20)24-10-12-25(13-11-24)16-6-5-7-17(14-16)27-2/h3-9,14-15H,10-13H2,1-2H3,(H,22,23,26). The summed E-state index contributed by atoms with van der Waals surface area (Å²) in [5.74, 6) is 1.61. The minimum atomic E-state index is -0.0718. The van der Waals surface area contributed by atoms with Crippen molar-refractivity contribution in [3.05, 3.63) is 64.7 Å². The molecule has 1 aliphatic heterocycles. The minimum Gasteiger partial charge on any atom is -0.497 e. The van der Waals surface area contributed by atoms with Crippen molar-refractivity contribution in [2.75, 3.05) is 38.2 Å². The Morgan fingerprint density at radius 3 is 2.63 bits per heavy atom. The molecule has 1 atom stereocenters. The van der Waals surface area contributed by atoms with Crippen LogP contribution in [0.4, 0.5) is 5.69 Å². The number of rotatable bonds is 4. The maximum absolute atomic E-state index is 12.4. The van der Waals surface area contributed by atoms with Crippen LogP contribution in [0.2, 0.25) is 0 Å². The van der Waals surface area contributed by atoms with Gasteiger partial charge in [0.15, 0.2) is 0 Å². The second kappa shape index (κ2) is 7.40. The van der Waals surface area contributed by atoms with E-state index < -0.39 is 0 Å². The molecule has 0 saturated carbocycles. The maximum atomic E-state index is 12.4. The molecule has 0 amide bonds. The van der Waals surface area contributed by atoms with Crippen molar-refractivity contribution in [1.82, 2.24) is 14.9 Å². The first-order valence-electron chi connectivity index (χ1n) is 9.28. The SMILES string of the molecule is COc1cccc(N2CCN(C(C)c3nc4ccccc4c(=O)[nH]3)CC2)c1. The number of ether oxygens (including phenoxy) is 1. The first kappa shape index (κ1) is 17.5. The van der Waals surface area contributed by atoms with Gasteiger partial charge in [0.25, 0.3) is 5.56 Å². The summed E-state index contributed by atoms with van der Waals surface area (Å²) < 4.78 is 5.33. The average molecular weight is 364 g/mol. The van der Waals surface area contributed by atoms with Crippen LogP contribution in [-0.2, 0) is 0 Å². The van der Waals surface area contributed by atoms with Gasteiger partial charge in [-0.15, -0.1) is 0 Å². The third-order valence-electron chi connectivity index (χ3n) is 5.31. The molecule has 3 aromatic rings. The van der Waals surface area contributed by atoms with E-state index in [9.17, 15) is 4.79 Å². The number of para-hydroxylation sites is 1. The Hall–Kier alpha value is -2.86. The van der Waals surface area contributed by atoms with Crippen LogP contribution >= 0.6 is 0 Å². The van der Waals surface area contributed by atoms with Gasteiger partial charge in [0.05, 0.1) is 24.1 Å². The van der Waals surface area contributed by atoms with Crippen molar-refractivity contribution in [2.45, 2.75) is 13.0 Å². The van der Waals surface area contributed by atoms with E-state index >= 15 is 0 Å². The number of H-pyrrole nitrogens is 1.